The number of aromatic nitrogens is 5. The summed E-state index contributed by atoms with van der Waals surface area (Å²) in [4.78, 5) is 19.9. The molecule has 1 fully saturated rings. The largest absolute Gasteiger partial charge is 0.290 e. The van der Waals surface area contributed by atoms with Crippen molar-refractivity contribution in [3.8, 4) is 5.82 Å². The van der Waals surface area contributed by atoms with E-state index in [1.807, 2.05) is 35.4 Å². The molecular weight excluding hydrogens is 288 g/mol. The van der Waals surface area contributed by atoms with Crippen LogP contribution in [0.2, 0.25) is 0 Å². The van der Waals surface area contributed by atoms with Crippen molar-refractivity contribution in [1.29, 1.82) is 0 Å². The summed E-state index contributed by atoms with van der Waals surface area (Å²) in [5.74, 6) is 0.813. The third kappa shape index (κ3) is 2.98. The quantitative estimate of drug-likeness (QED) is 0.741. The Balaban J connectivity index is 1.58. The van der Waals surface area contributed by atoms with E-state index in [9.17, 15) is 0 Å². The van der Waals surface area contributed by atoms with E-state index in [0.29, 0.717) is 6.04 Å². The normalized spacial score (nSPS) is 18.3. The molecule has 4 rings (SSSR count). The van der Waals surface area contributed by atoms with E-state index in [1.54, 1.807) is 18.7 Å². The van der Waals surface area contributed by atoms with Crippen molar-refractivity contribution in [2.24, 2.45) is 0 Å². The highest BCUT2D eigenvalue weighted by Crippen LogP contribution is 2.31. The van der Waals surface area contributed by atoms with Gasteiger partial charge in [-0.15, -0.1) is 0 Å². The van der Waals surface area contributed by atoms with Crippen LogP contribution in [0.3, 0.4) is 0 Å². The van der Waals surface area contributed by atoms with Gasteiger partial charge >= 0.3 is 0 Å². The van der Waals surface area contributed by atoms with Gasteiger partial charge in [-0.05, 0) is 31.0 Å². The van der Waals surface area contributed by atoms with Gasteiger partial charge in [0.25, 0.3) is 0 Å². The number of likely N-dealkylation sites (tertiary alicyclic amines) is 1. The predicted octanol–water partition coefficient (Wildman–Crippen LogP) is 2.39. The lowest BCUT2D eigenvalue weighted by molar-refractivity contribution is 0.243. The Bertz CT molecular complexity index is 756. The molecule has 0 radical (unpaired) electrons. The van der Waals surface area contributed by atoms with Crippen molar-refractivity contribution in [2.45, 2.75) is 25.4 Å². The van der Waals surface area contributed by atoms with E-state index in [4.69, 9.17) is 4.98 Å². The molecule has 116 valence electrons. The first-order valence-electron chi connectivity index (χ1n) is 7.83. The first-order valence-corrected chi connectivity index (χ1v) is 7.83. The number of pyridine rings is 1. The van der Waals surface area contributed by atoms with E-state index in [2.05, 4.69) is 25.9 Å². The van der Waals surface area contributed by atoms with Crippen LogP contribution in [-0.4, -0.2) is 35.9 Å². The molecule has 0 aliphatic carbocycles. The Morgan fingerprint density at radius 1 is 1.09 bits per heavy atom. The maximum absolute atomic E-state index is 4.79. The molecule has 0 N–H and O–H groups in total. The molecule has 0 amide bonds. The van der Waals surface area contributed by atoms with Gasteiger partial charge in [0, 0.05) is 31.3 Å². The Hall–Kier alpha value is -2.60. The molecule has 23 heavy (non-hydrogen) atoms. The predicted molar refractivity (Wildman–Crippen MR) is 85.8 cm³/mol. The molecule has 1 aliphatic heterocycles. The summed E-state index contributed by atoms with van der Waals surface area (Å²) in [6.45, 7) is 1.98. The van der Waals surface area contributed by atoms with Crippen LogP contribution >= 0.6 is 0 Å². The van der Waals surface area contributed by atoms with E-state index < -0.39 is 0 Å². The zero-order chi connectivity index (χ0) is 15.5. The van der Waals surface area contributed by atoms with Gasteiger partial charge in [-0.2, -0.15) is 0 Å². The smallest absolute Gasteiger partial charge is 0.156 e. The zero-order valence-electron chi connectivity index (χ0n) is 12.8. The van der Waals surface area contributed by atoms with Gasteiger partial charge in [0.2, 0.25) is 0 Å². The van der Waals surface area contributed by atoms with Crippen molar-refractivity contribution in [3.63, 3.8) is 0 Å². The molecule has 1 saturated heterocycles. The average Bonchev–Trinajstić information content (AvgIpc) is 3.28. The van der Waals surface area contributed by atoms with Gasteiger partial charge in [-0.3, -0.25) is 19.4 Å². The van der Waals surface area contributed by atoms with Crippen molar-refractivity contribution in [3.05, 3.63) is 66.9 Å². The number of nitrogens with zero attached hydrogens (tertiary/aromatic N) is 6. The first kappa shape index (κ1) is 14.0. The minimum absolute atomic E-state index is 0.311. The first-order chi connectivity index (χ1) is 11.4. The van der Waals surface area contributed by atoms with Crippen LogP contribution in [0.1, 0.15) is 30.1 Å². The second-order valence-corrected chi connectivity index (χ2v) is 5.76. The number of rotatable bonds is 4. The fourth-order valence-electron chi connectivity index (χ4n) is 3.13. The molecular formula is C17H18N6. The lowest BCUT2D eigenvalue weighted by Gasteiger charge is -2.24. The standard InChI is InChI=1S/C17H18N6/c1-3-14(9-18-5-1)12-22-7-2-4-16(22)15-10-20-11-17(21-15)23-8-6-19-13-23/h1,3,5-6,8-11,13,16H,2,4,7,12H2. The van der Waals surface area contributed by atoms with Crippen LogP contribution in [0.5, 0.6) is 0 Å². The van der Waals surface area contributed by atoms with E-state index in [0.717, 1.165) is 31.0 Å². The zero-order valence-corrected chi connectivity index (χ0v) is 12.8. The fraction of sp³-hybridized carbons (Fsp3) is 0.294. The van der Waals surface area contributed by atoms with Crippen molar-refractivity contribution < 1.29 is 0 Å². The topological polar surface area (TPSA) is 59.7 Å². The highest BCUT2D eigenvalue weighted by atomic mass is 15.2. The second kappa shape index (κ2) is 6.26. The maximum atomic E-state index is 4.79. The molecule has 6 heteroatoms. The highest BCUT2D eigenvalue weighted by Gasteiger charge is 2.27. The summed E-state index contributed by atoms with van der Waals surface area (Å²) in [5, 5.41) is 0. The molecule has 0 aromatic carbocycles. The fourth-order valence-corrected chi connectivity index (χ4v) is 3.13. The third-order valence-electron chi connectivity index (χ3n) is 4.22. The van der Waals surface area contributed by atoms with Gasteiger partial charge in [0.1, 0.15) is 6.33 Å². The number of imidazole rings is 1. The van der Waals surface area contributed by atoms with Crippen LogP contribution in [0.25, 0.3) is 5.82 Å². The van der Waals surface area contributed by atoms with E-state index >= 15 is 0 Å². The SMILES string of the molecule is c1cncc(CN2CCCC2c2cncc(-n3ccnc3)n2)c1. The van der Waals surface area contributed by atoms with Gasteiger partial charge in [0.15, 0.2) is 5.82 Å². The molecule has 3 aromatic heterocycles. The summed E-state index contributed by atoms with van der Waals surface area (Å²) in [6, 6.07) is 4.42. The molecule has 0 spiro atoms. The summed E-state index contributed by atoms with van der Waals surface area (Å²) in [5.41, 5.74) is 2.26. The minimum Gasteiger partial charge on any atom is -0.290 e. The maximum Gasteiger partial charge on any atom is 0.156 e. The third-order valence-corrected chi connectivity index (χ3v) is 4.22. The van der Waals surface area contributed by atoms with E-state index in [1.165, 1.54) is 12.0 Å². The average molecular weight is 306 g/mol. The Labute approximate surface area is 134 Å². The molecule has 1 aliphatic rings. The molecule has 1 atom stereocenters. The minimum atomic E-state index is 0.311. The molecule has 1 unspecified atom stereocenters. The number of hydrogen-bond donors (Lipinski definition) is 0. The van der Waals surface area contributed by atoms with Crippen LogP contribution < -0.4 is 0 Å². The van der Waals surface area contributed by atoms with Crippen molar-refractivity contribution >= 4 is 0 Å². The molecule has 0 saturated carbocycles. The van der Waals surface area contributed by atoms with Gasteiger partial charge in [0.05, 0.1) is 24.1 Å². The summed E-state index contributed by atoms with van der Waals surface area (Å²) in [6.07, 6.45) is 15.1. The van der Waals surface area contributed by atoms with Crippen LogP contribution in [0, 0.1) is 0 Å². The summed E-state index contributed by atoms with van der Waals surface area (Å²) >= 11 is 0. The monoisotopic (exact) mass is 306 g/mol. The molecule has 4 heterocycles. The van der Waals surface area contributed by atoms with Crippen LogP contribution in [-0.2, 0) is 6.54 Å². The van der Waals surface area contributed by atoms with E-state index in [-0.39, 0.29) is 0 Å². The summed E-state index contributed by atoms with van der Waals surface area (Å²) < 4.78 is 1.89. The Morgan fingerprint density at radius 2 is 2.09 bits per heavy atom. The lowest BCUT2D eigenvalue weighted by atomic mass is 10.1. The Morgan fingerprint density at radius 3 is 2.91 bits per heavy atom. The van der Waals surface area contributed by atoms with Crippen molar-refractivity contribution in [2.75, 3.05) is 6.54 Å². The molecule has 6 nitrogen and oxygen atoms in total. The van der Waals surface area contributed by atoms with Crippen molar-refractivity contribution in [1.82, 2.24) is 29.4 Å². The molecule has 3 aromatic rings. The Kier molecular flexibility index (Phi) is 3.81. The van der Waals surface area contributed by atoms with Gasteiger partial charge in [-0.25, -0.2) is 9.97 Å². The lowest BCUT2D eigenvalue weighted by Crippen LogP contribution is -2.24. The van der Waals surface area contributed by atoms with Crippen LogP contribution in [0.15, 0.2) is 55.6 Å². The van der Waals surface area contributed by atoms with Gasteiger partial charge in [-0.1, -0.05) is 6.07 Å². The second-order valence-electron chi connectivity index (χ2n) is 5.76. The van der Waals surface area contributed by atoms with Gasteiger partial charge < -0.3 is 0 Å². The molecule has 0 bridgehead atoms. The number of hydrogen-bond acceptors (Lipinski definition) is 5. The summed E-state index contributed by atoms with van der Waals surface area (Å²) in [7, 11) is 0. The van der Waals surface area contributed by atoms with Crippen LogP contribution in [0.4, 0.5) is 0 Å². The highest BCUT2D eigenvalue weighted by molar-refractivity contribution is 5.21.